The highest BCUT2D eigenvalue weighted by Crippen LogP contribution is 2.33. The van der Waals surface area contributed by atoms with Crippen LogP contribution in [0.1, 0.15) is 11.5 Å². The lowest BCUT2D eigenvalue weighted by molar-refractivity contribution is -0.156. The molecular formula is C17H15F3N4O2S. The third kappa shape index (κ3) is 4.33. The molecule has 0 saturated heterocycles. The summed E-state index contributed by atoms with van der Waals surface area (Å²) < 4.78 is 50.0. The molecule has 0 aliphatic heterocycles. The van der Waals surface area contributed by atoms with Crippen molar-refractivity contribution in [2.75, 3.05) is 17.7 Å². The summed E-state index contributed by atoms with van der Waals surface area (Å²) in [5.74, 6) is -1.10. The van der Waals surface area contributed by atoms with Crippen molar-refractivity contribution in [2.24, 2.45) is 0 Å². The molecule has 0 atom stereocenters. The first kappa shape index (κ1) is 19.0. The number of nitrogens with zero attached hydrogens (tertiary/aromatic N) is 4. The topological polar surface area (TPSA) is 64.3 Å². The predicted octanol–water partition coefficient (Wildman–Crippen LogP) is 4.44. The molecule has 2 heterocycles. The molecule has 27 heavy (non-hydrogen) atoms. The number of hydrogen-bond donors (Lipinski definition) is 0. The van der Waals surface area contributed by atoms with Gasteiger partial charge in [0, 0.05) is 23.6 Å². The normalized spacial score (nSPS) is 11.4. The van der Waals surface area contributed by atoms with E-state index in [1.165, 1.54) is 19.1 Å². The van der Waals surface area contributed by atoms with Crippen molar-refractivity contribution >= 4 is 17.6 Å². The zero-order chi connectivity index (χ0) is 19.4. The molecule has 0 N–H and O–H groups in total. The Hall–Kier alpha value is -2.75. The Bertz CT molecular complexity index is 903. The maximum Gasteiger partial charge on any atom is 0.470 e. The molecule has 142 valence electrons. The highest BCUT2D eigenvalue weighted by molar-refractivity contribution is 7.99. The van der Waals surface area contributed by atoms with E-state index in [0.29, 0.717) is 17.9 Å². The molecule has 1 aromatic carbocycles. The fourth-order valence-electron chi connectivity index (χ4n) is 2.38. The molecule has 0 aliphatic carbocycles. The van der Waals surface area contributed by atoms with E-state index in [-0.39, 0.29) is 5.89 Å². The van der Waals surface area contributed by atoms with Crippen molar-refractivity contribution in [3.63, 3.8) is 0 Å². The Morgan fingerprint density at radius 2 is 2.04 bits per heavy atom. The minimum absolute atomic E-state index is 0.221. The zero-order valence-corrected chi connectivity index (χ0v) is 15.2. The van der Waals surface area contributed by atoms with E-state index in [9.17, 15) is 13.2 Å². The number of benzene rings is 1. The number of ether oxygens (including phenoxy) is 1. The quantitative estimate of drug-likeness (QED) is 0.571. The maximum atomic E-state index is 12.6. The number of aromatic nitrogens is 3. The molecule has 0 bridgehead atoms. The Morgan fingerprint density at radius 3 is 2.63 bits per heavy atom. The zero-order valence-electron chi connectivity index (χ0n) is 14.4. The second kappa shape index (κ2) is 7.87. The van der Waals surface area contributed by atoms with Crippen LogP contribution in [0.4, 0.5) is 18.9 Å². The Morgan fingerprint density at radius 1 is 1.22 bits per heavy atom. The molecule has 0 amide bonds. The number of rotatable bonds is 6. The smallest absolute Gasteiger partial charge is 0.470 e. The largest absolute Gasteiger partial charge is 0.496 e. The van der Waals surface area contributed by atoms with Gasteiger partial charge in [-0.05, 0) is 24.3 Å². The summed E-state index contributed by atoms with van der Waals surface area (Å²) in [5, 5.41) is 6.51. The molecule has 0 saturated carbocycles. The molecular weight excluding hydrogens is 381 g/mol. The van der Waals surface area contributed by atoms with Crippen LogP contribution in [-0.4, -0.2) is 28.5 Å². The van der Waals surface area contributed by atoms with E-state index in [2.05, 4.69) is 15.2 Å². The van der Waals surface area contributed by atoms with Crippen LogP contribution in [0.2, 0.25) is 0 Å². The Labute approximate surface area is 157 Å². The minimum Gasteiger partial charge on any atom is -0.496 e. The van der Waals surface area contributed by atoms with E-state index >= 15 is 0 Å². The number of methoxy groups -OCH3 is 1. The highest BCUT2D eigenvalue weighted by atomic mass is 32.2. The molecule has 6 nitrogen and oxygen atoms in total. The second-order valence-corrected chi connectivity index (χ2v) is 6.17. The van der Waals surface area contributed by atoms with Gasteiger partial charge in [0.15, 0.2) is 0 Å². The van der Waals surface area contributed by atoms with Crippen LogP contribution in [0.5, 0.6) is 5.75 Å². The number of anilines is 1. The summed E-state index contributed by atoms with van der Waals surface area (Å²) in [7, 11) is 1.49. The van der Waals surface area contributed by atoms with Gasteiger partial charge in [0.1, 0.15) is 5.75 Å². The van der Waals surface area contributed by atoms with Gasteiger partial charge in [-0.3, -0.25) is 4.98 Å². The Kier molecular flexibility index (Phi) is 5.54. The van der Waals surface area contributed by atoms with E-state index in [0.717, 1.165) is 11.3 Å². The number of pyridine rings is 1. The van der Waals surface area contributed by atoms with Gasteiger partial charge in [0.2, 0.25) is 5.89 Å². The van der Waals surface area contributed by atoms with Crippen molar-refractivity contribution in [3.8, 4) is 17.2 Å². The van der Waals surface area contributed by atoms with Crippen molar-refractivity contribution in [1.29, 1.82) is 0 Å². The standard InChI is InChI=1S/C17H15F3N4O2S/c1-25-14-8-11(15-22-23-16(26-15)17(18,19)20)5-6-12(14)10-24(27-2)13-4-3-7-21-9-13/h3-9H,10H2,1-2H3. The Balaban J connectivity index is 1.87. The van der Waals surface area contributed by atoms with E-state index in [1.807, 2.05) is 22.7 Å². The van der Waals surface area contributed by atoms with E-state index in [4.69, 9.17) is 9.15 Å². The molecule has 0 aliphatic rings. The van der Waals surface area contributed by atoms with Crippen LogP contribution < -0.4 is 9.04 Å². The van der Waals surface area contributed by atoms with Crippen LogP contribution in [0, 0.1) is 0 Å². The van der Waals surface area contributed by atoms with Crippen molar-refractivity contribution in [1.82, 2.24) is 15.2 Å². The van der Waals surface area contributed by atoms with Gasteiger partial charge in [0.05, 0.1) is 25.5 Å². The fourth-order valence-corrected chi connectivity index (χ4v) is 2.97. The van der Waals surface area contributed by atoms with Gasteiger partial charge < -0.3 is 13.5 Å². The number of alkyl halides is 3. The average molecular weight is 396 g/mol. The van der Waals surface area contributed by atoms with Crippen LogP contribution in [0.25, 0.3) is 11.5 Å². The third-order valence-electron chi connectivity index (χ3n) is 3.67. The van der Waals surface area contributed by atoms with Gasteiger partial charge in [-0.15, -0.1) is 10.2 Å². The molecule has 0 spiro atoms. The number of halogens is 3. The van der Waals surface area contributed by atoms with Crippen molar-refractivity contribution < 1.29 is 22.3 Å². The lowest BCUT2D eigenvalue weighted by Gasteiger charge is -2.22. The SMILES string of the molecule is COc1cc(-c2nnc(C(F)(F)F)o2)ccc1CN(SC)c1cccnc1. The van der Waals surface area contributed by atoms with Gasteiger partial charge in [-0.2, -0.15) is 13.2 Å². The molecule has 2 aromatic heterocycles. The average Bonchev–Trinajstić information content (AvgIpc) is 3.17. The summed E-state index contributed by atoms with van der Waals surface area (Å²) in [6.07, 6.45) is 0.689. The van der Waals surface area contributed by atoms with Crippen molar-refractivity contribution in [2.45, 2.75) is 12.7 Å². The minimum atomic E-state index is -4.68. The first-order chi connectivity index (χ1) is 12.9. The predicted molar refractivity (Wildman–Crippen MR) is 95.2 cm³/mol. The molecule has 3 aromatic rings. The molecule has 0 fully saturated rings. The van der Waals surface area contributed by atoms with Gasteiger partial charge in [-0.25, -0.2) is 0 Å². The van der Waals surface area contributed by atoms with E-state index < -0.39 is 12.1 Å². The molecule has 3 rings (SSSR count). The summed E-state index contributed by atoms with van der Waals surface area (Å²) in [6.45, 7) is 0.508. The van der Waals surface area contributed by atoms with Gasteiger partial charge in [-0.1, -0.05) is 18.0 Å². The van der Waals surface area contributed by atoms with Crippen molar-refractivity contribution in [3.05, 3.63) is 54.2 Å². The van der Waals surface area contributed by atoms with Gasteiger partial charge >= 0.3 is 12.1 Å². The third-order valence-corrected chi connectivity index (χ3v) is 4.45. The summed E-state index contributed by atoms with van der Waals surface area (Å²) in [4.78, 5) is 4.11. The van der Waals surface area contributed by atoms with Gasteiger partial charge in [0.25, 0.3) is 0 Å². The number of hydrogen-bond acceptors (Lipinski definition) is 7. The second-order valence-electron chi connectivity index (χ2n) is 5.37. The first-order valence-electron chi connectivity index (χ1n) is 7.72. The molecule has 0 unspecified atom stereocenters. The summed E-state index contributed by atoms with van der Waals surface area (Å²) in [6, 6.07) is 8.72. The van der Waals surface area contributed by atoms with Crippen LogP contribution in [-0.2, 0) is 12.7 Å². The van der Waals surface area contributed by atoms with Crippen LogP contribution in [0.15, 0.2) is 47.1 Å². The first-order valence-corrected chi connectivity index (χ1v) is 8.90. The molecule has 0 radical (unpaired) electrons. The van der Waals surface area contributed by atoms with Crippen LogP contribution >= 0.6 is 11.9 Å². The van der Waals surface area contributed by atoms with E-state index in [1.54, 1.807) is 30.6 Å². The summed E-state index contributed by atoms with van der Waals surface area (Å²) >= 11 is 1.52. The lowest BCUT2D eigenvalue weighted by Crippen LogP contribution is -2.14. The maximum absolute atomic E-state index is 12.6. The summed E-state index contributed by atoms with van der Waals surface area (Å²) in [5.41, 5.74) is 2.11. The molecule has 10 heteroatoms. The lowest BCUT2D eigenvalue weighted by atomic mass is 10.1. The van der Waals surface area contributed by atoms with Crippen LogP contribution in [0.3, 0.4) is 0 Å². The highest BCUT2D eigenvalue weighted by Gasteiger charge is 2.38. The fraction of sp³-hybridized carbons (Fsp3) is 0.235. The monoisotopic (exact) mass is 396 g/mol.